The lowest BCUT2D eigenvalue weighted by Crippen LogP contribution is -2.50. The molecule has 1 atom stereocenters. The van der Waals surface area contributed by atoms with Gasteiger partial charge >= 0.3 is 0 Å². The minimum absolute atomic E-state index is 0.0710. The third kappa shape index (κ3) is 3.18. The molecule has 1 aromatic heterocycles. The summed E-state index contributed by atoms with van der Waals surface area (Å²) >= 11 is 0. The van der Waals surface area contributed by atoms with Crippen molar-refractivity contribution in [3.8, 4) is 0 Å². The number of hydrogen-bond donors (Lipinski definition) is 2. The Labute approximate surface area is 118 Å². The van der Waals surface area contributed by atoms with Gasteiger partial charge in [-0.25, -0.2) is 0 Å². The lowest BCUT2D eigenvalue weighted by Gasteiger charge is -2.22. The van der Waals surface area contributed by atoms with E-state index in [-0.39, 0.29) is 17.9 Å². The van der Waals surface area contributed by atoms with E-state index in [1.807, 2.05) is 25.6 Å². The molecular formula is C14H22N4O2. The van der Waals surface area contributed by atoms with Gasteiger partial charge in [0, 0.05) is 25.7 Å². The topological polar surface area (TPSA) is 76.0 Å². The van der Waals surface area contributed by atoms with Gasteiger partial charge in [0.1, 0.15) is 6.04 Å². The van der Waals surface area contributed by atoms with Gasteiger partial charge in [-0.05, 0) is 38.7 Å². The summed E-state index contributed by atoms with van der Waals surface area (Å²) < 4.78 is 1.83. The van der Waals surface area contributed by atoms with Gasteiger partial charge in [0.05, 0.1) is 5.69 Å². The molecule has 0 spiro atoms. The van der Waals surface area contributed by atoms with Crippen molar-refractivity contribution in [2.75, 3.05) is 6.54 Å². The molecule has 1 aromatic rings. The summed E-state index contributed by atoms with van der Waals surface area (Å²) in [7, 11) is 1.90. The Hall–Kier alpha value is -1.85. The Kier molecular flexibility index (Phi) is 4.42. The second kappa shape index (κ2) is 6.07. The van der Waals surface area contributed by atoms with Crippen molar-refractivity contribution in [3.63, 3.8) is 0 Å². The maximum atomic E-state index is 11.9. The van der Waals surface area contributed by atoms with Crippen LogP contribution in [0.25, 0.3) is 0 Å². The van der Waals surface area contributed by atoms with E-state index in [4.69, 9.17) is 0 Å². The van der Waals surface area contributed by atoms with Gasteiger partial charge < -0.3 is 10.6 Å². The molecule has 110 valence electrons. The van der Waals surface area contributed by atoms with E-state index in [1.165, 1.54) is 0 Å². The largest absolute Gasteiger partial charge is 0.354 e. The average Bonchev–Trinajstić information content (AvgIpc) is 2.64. The second-order valence-electron chi connectivity index (χ2n) is 5.33. The lowest BCUT2D eigenvalue weighted by molar-refractivity contribution is -0.130. The van der Waals surface area contributed by atoms with Gasteiger partial charge in [-0.15, -0.1) is 0 Å². The van der Waals surface area contributed by atoms with Gasteiger partial charge in [-0.1, -0.05) is 0 Å². The lowest BCUT2D eigenvalue weighted by atomic mass is 10.1. The van der Waals surface area contributed by atoms with Crippen LogP contribution in [0.4, 0.5) is 0 Å². The zero-order valence-corrected chi connectivity index (χ0v) is 12.3. The number of piperidine rings is 1. The van der Waals surface area contributed by atoms with Gasteiger partial charge in [-0.3, -0.25) is 14.3 Å². The van der Waals surface area contributed by atoms with Gasteiger partial charge in [-0.2, -0.15) is 5.10 Å². The number of aromatic nitrogens is 2. The Balaban J connectivity index is 1.87. The van der Waals surface area contributed by atoms with Crippen LogP contribution in [-0.2, 0) is 23.1 Å². The molecule has 0 aromatic carbocycles. The number of nitrogens with one attached hydrogen (secondary N) is 2. The van der Waals surface area contributed by atoms with Crippen LogP contribution in [0.1, 0.15) is 36.2 Å². The number of carbonyl (C=O) groups is 2. The van der Waals surface area contributed by atoms with Crippen LogP contribution in [-0.4, -0.2) is 34.2 Å². The third-order valence-electron chi connectivity index (χ3n) is 3.88. The molecule has 1 saturated heterocycles. The Morgan fingerprint density at radius 1 is 1.50 bits per heavy atom. The second-order valence-corrected chi connectivity index (χ2v) is 5.33. The molecule has 2 rings (SSSR count). The fraction of sp³-hybridized carbons (Fsp3) is 0.643. The first-order chi connectivity index (χ1) is 9.49. The quantitative estimate of drug-likeness (QED) is 0.835. The molecule has 0 bridgehead atoms. The first-order valence-corrected chi connectivity index (χ1v) is 7.05. The Bertz CT molecular complexity index is 521. The number of amides is 2. The maximum Gasteiger partial charge on any atom is 0.242 e. The highest BCUT2D eigenvalue weighted by molar-refractivity contribution is 5.88. The van der Waals surface area contributed by atoms with Crippen LogP contribution in [0, 0.1) is 13.8 Å². The van der Waals surface area contributed by atoms with E-state index in [2.05, 4.69) is 15.7 Å². The summed E-state index contributed by atoms with van der Waals surface area (Å²) in [5.41, 5.74) is 3.18. The normalized spacial score (nSPS) is 18.8. The summed E-state index contributed by atoms with van der Waals surface area (Å²) in [6.45, 7) is 4.66. The van der Waals surface area contributed by atoms with E-state index in [9.17, 15) is 9.59 Å². The zero-order valence-electron chi connectivity index (χ0n) is 12.3. The van der Waals surface area contributed by atoms with Crippen LogP contribution in [0.2, 0.25) is 0 Å². The minimum Gasteiger partial charge on any atom is -0.354 e. The molecule has 1 fully saturated rings. The SMILES string of the molecule is Cc1nn(C)c(C)c1CCC(=O)NC1CCCNC1=O. The number of rotatable bonds is 4. The molecule has 2 N–H and O–H groups in total. The molecule has 6 nitrogen and oxygen atoms in total. The monoisotopic (exact) mass is 278 g/mol. The van der Waals surface area contributed by atoms with Crippen molar-refractivity contribution in [1.29, 1.82) is 0 Å². The molecule has 1 unspecified atom stereocenters. The van der Waals surface area contributed by atoms with E-state index < -0.39 is 0 Å². The highest BCUT2D eigenvalue weighted by Crippen LogP contribution is 2.14. The fourth-order valence-electron chi connectivity index (χ4n) is 2.59. The predicted molar refractivity (Wildman–Crippen MR) is 75.2 cm³/mol. The highest BCUT2D eigenvalue weighted by Gasteiger charge is 2.23. The van der Waals surface area contributed by atoms with E-state index in [1.54, 1.807) is 0 Å². The Morgan fingerprint density at radius 3 is 2.85 bits per heavy atom. The molecule has 1 aliphatic rings. The first-order valence-electron chi connectivity index (χ1n) is 7.05. The number of aryl methyl sites for hydroxylation is 2. The van der Waals surface area contributed by atoms with Crippen LogP contribution >= 0.6 is 0 Å². The molecule has 6 heteroatoms. The summed E-state index contributed by atoms with van der Waals surface area (Å²) in [5.74, 6) is -0.145. The van der Waals surface area contributed by atoms with E-state index >= 15 is 0 Å². The van der Waals surface area contributed by atoms with E-state index in [0.29, 0.717) is 19.4 Å². The predicted octanol–water partition coefficient (Wildman–Crippen LogP) is 0.364. The standard InChI is InChI=1S/C14H22N4O2/c1-9-11(10(2)18(3)17-9)6-7-13(19)16-12-5-4-8-15-14(12)20/h12H,4-8H2,1-3H3,(H,15,20)(H,16,19). The van der Waals surface area contributed by atoms with Crippen molar-refractivity contribution in [1.82, 2.24) is 20.4 Å². The maximum absolute atomic E-state index is 11.9. The average molecular weight is 278 g/mol. The molecule has 1 aliphatic heterocycles. The molecule has 2 amide bonds. The van der Waals surface area contributed by atoms with Crippen molar-refractivity contribution in [3.05, 3.63) is 17.0 Å². The summed E-state index contributed by atoms with van der Waals surface area (Å²) in [5, 5.41) is 9.91. The van der Waals surface area contributed by atoms with Crippen LogP contribution in [0.5, 0.6) is 0 Å². The summed E-state index contributed by atoms with van der Waals surface area (Å²) in [6, 6.07) is -0.368. The number of nitrogens with zero attached hydrogens (tertiary/aromatic N) is 2. The third-order valence-corrected chi connectivity index (χ3v) is 3.88. The molecule has 0 aliphatic carbocycles. The fourth-order valence-corrected chi connectivity index (χ4v) is 2.59. The van der Waals surface area contributed by atoms with Crippen molar-refractivity contribution in [2.24, 2.45) is 7.05 Å². The van der Waals surface area contributed by atoms with Crippen LogP contribution in [0.15, 0.2) is 0 Å². The summed E-state index contributed by atoms with van der Waals surface area (Å²) in [4.78, 5) is 23.5. The van der Waals surface area contributed by atoms with Crippen LogP contribution < -0.4 is 10.6 Å². The van der Waals surface area contributed by atoms with Crippen molar-refractivity contribution >= 4 is 11.8 Å². The first kappa shape index (κ1) is 14.6. The molecule has 0 radical (unpaired) electrons. The highest BCUT2D eigenvalue weighted by atomic mass is 16.2. The number of hydrogen-bond acceptors (Lipinski definition) is 3. The molecular weight excluding hydrogens is 256 g/mol. The minimum atomic E-state index is -0.368. The van der Waals surface area contributed by atoms with E-state index in [0.717, 1.165) is 29.8 Å². The molecule has 0 saturated carbocycles. The molecule has 20 heavy (non-hydrogen) atoms. The van der Waals surface area contributed by atoms with Gasteiger partial charge in [0.15, 0.2) is 0 Å². The van der Waals surface area contributed by atoms with Gasteiger partial charge in [0.2, 0.25) is 11.8 Å². The van der Waals surface area contributed by atoms with Crippen molar-refractivity contribution in [2.45, 2.75) is 45.6 Å². The molecule has 2 heterocycles. The van der Waals surface area contributed by atoms with Crippen molar-refractivity contribution < 1.29 is 9.59 Å². The zero-order chi connectivity index (χ0) is 14.7. The Morgan fingerprint density at radius 2 is 2.25 bits per heavy atom. The number of carbonyl (C=O) groups excluding carboxylic acids is 2. The van der Waals surface area contributed by atoms with Crippen LogP contribution in [0.3, 0.4) is 0 Å². The summed E-state index contributed by atoms with van der Waals surface area (Å²) in [6.07, 6.45) is 2.68. The van der Waals surface area contributed by atoms with Gasteiger partial charge in [0.25, 0.3) is 0 Å². The smallest absolute Gasteiger partial charge is 0.242 e.